The maximum atomic E-state index is 12.8. The summed E-state index contributed by atoms with van der Waals surface area (Å²) in [5.74, 6) is 1.49. The molecule has 1 unspecified atom stereocenters. The van der Waals surface area contributed by atoms with E-state index in [-0.39, 0.29) is 5.92 Å². The van der Waals surface area contributed by atoms with Crippen LogP contribution in [0.5, 0.6) is 0 Å². The van der Waals surface area contributed by atoms with Gasteiger partial charge in [0.1, 0.15) is 0 Å². The maximum Gasteiger partial charge on any atom is 0.226 e. The number of likely N-dealkylation sites (tertiary alicyclic amines) is 2. The fraction of sp³-hybridized carbons (Fsp3) is 0.905. The highest BCUT2D eigenvalue weighted by Gasteiger charge is 2.31. The number of carbonyl (C=O) groups excluding carboxylic acids is 2. The Balaban J connectivity index is 1.34. The second-order valence-corrected chi connectivity index (χ2v) is 8.72. The Morgan fingerprint density at radius 1 is 0.889 bits per heavy atom. The number of nitrogens with zero attached hydrogens (tertiary/aromatic N) is 4. The number of hydrogen-bond acceptors (Lipinski definition) is 4. The van der Waals surface area contributed by atoms with Gasteiger partial charge in [0.05, 0.1) is 5.92 Å². The molecule has 3 fully saturated rings. The van der Waals surface area contributed by atoms with Crippen molar-refractivity contribution in [3.63, 3.8) is 0 Å². The van der Waals surface area contributed by atoms with Crippen molar-refractivity contribution >= 4 is 11.8 Å². The quantitative estimate of drug-likeness (QED) is 0.728. The molecule has 0 aliphatic carbocycles. The normalized spacial score (nSPS) is 26.4. The molecule has 154 valence electrons. The van der Waals surface area contributed by atoms with Gasteiger partial charge in [-0.25, -0.2) is 0 Å². The van der Waals surface area contributed by atoms with Crippen molar-refractivity contribution in [2.45, 2.75) is 45.4 Å². The average Bonchev–Trinajstić information content (AvgIpc) is 2.72. The first kappa shape index (κ1) is 20.6. The number of carbonyl (C=O) groups is 2. The van der Waals surface area contributed by atoms with E-state index >= 15 is 0 Å². The van der Waals surface area contributed by atoms with Gasteiger partial charge >= 0.3 is 0 Å². The molecule has 0 radical (unpaired) electrons. The molecule has 3 aliphatic heterocycles. The smallest absolute Gasteiger partial charge is 0.226 e. The Hall–Kier alpha value is -1.14. The first-order valence-corrected chi connectivity index (χ1v) is 11.0. The van der Waals surface area contributed by atoms with Gasteiger partial charge in [0.2, 0.25) is 11.8 Å². The lowest BCUT2D eigenvalue weighted by Gasteiger charge is -2.37. The zero-order valence-electron chi connectivity index (χ0n) is 17.4. The molecule has 0 aromatic rings. The number of likely N-dealkylation sites (N-methyl/N-ethyl adjacent to an activating group) is 1. The predicted octanol–water partition coefficient (Wildman–Crippen LogP) is 1.51. The second kappa shape index (κ2) is 9.87. The summed E-state index contributed by atoms with van der Waals surface area (Å²) in [6, 6.07) is 0. The van der Waals surface area contributed by atoms with Crippen LogP contribution in [0.15, 0.2) is 0 Å². The van der Waals surface area contributed by atoms with Crippen molar-refractivity contribution in [3.8, 4) is 0 Å². The standard InChI is InChI=1S/C21H38N4O2/c1-3-23-13-15-24(16-14-23)20(26)7-6-18-8-11-25(12-9-18)21(27)19-5-4-10-22(2)17-19/h18-19H,3-17H2,1-2H3. The molecule has 3 rings (SSSR count). The third-order valence-electron chi connectivity index (χ3n) is 6.84. The summed E-state index contributed by atoms with van der Waals surface area (Å²) in [5, 5.41) is 0. The molecule has 0 bridgehead atoms. The van der Waals surface area contributed by atoms with Gasteiger partial charge in [-0.15, -0.1) is 0 Å². The van der Waals surface area contributed by atoms with Crippen LogP contribution in [0.3, 0.4) is 0 Å². The Kier molecular flexibility index (Phi) is 7.53. The van der Waals surface area contributed by atoms with Gasteiger partial charge in [-0.3, -0.25) is 9.59 Å². The Labute approximate surface area is 164 Å². The molecule has 2 amide bonds. The summed E-state index contributed by atoms with van der Waals surface area (Å²) in [6.07, 6.45) is 5.97. The van der Waals surface area contributed by atoms with E-state index in [1.807, 2.05) is 4.90 Å². The van der Waals surface area contributed by atoms with E-state index in [9.17, 15) is 9.59 Å². The molecule has 0 saturated carbocycles. The van der Waals surface area contributed by atoms with E-state index in [1.54, 1.807) is 0 Å². The van der Waals surface area contributed by atoms with Crippen molar-refractivity contribution in [1.82, 2.24) is 19.6 Å². The molecule has 27 heavy (non-hydrogen) atoms. The topological polar surface area (TPSA) is 47.1 Å². The number of amides is 2. The molecular weight excluding hydrogens is 340 g/mol. The minimum atomic E-state index is 0.198. The first-order chi connectivity index (χ1) is 13.1. The highest BCUT2D eigenvalue weighted by Crippen LogP contribution is 2.25. The lowest BCUT2D eigenvalue weighted by atomic mass is 9.90. The molecule has 3 saturated heterocycles. The minimum absolute atomic E-state index is 0.198. The zero-order valence-corrected chi connectivity index (χ0v) is 17.4. The predicted molar refractivity (Wildman–Crippen MR) is 107 cm³/mol. The molecule has 6 heteroatoms. The van der Waals surface area contributed by atoms with Gasteiger partial charge in [0.15, 0.2) is 0 Å². The SMILES string of the molecule is CCN1CCN(C(=O)CCC2CCN(C(=O)C3CCCN(C)C3)CC2)CC1. The van der Waals surface area contributed by atoms with E-state index in [4.69, 9.17) is 0 Å². The second-order valence-electron chi connectivity index (χ2n) is 8.72. The number of rotatable bonds is 5. The third-order valence-corrected chi connectivity index (χ3v) is 6.84. The van der Waals surface area contributed by atoms with Crippen LogP contribution >= 0.6 is 0 Å². The van der Waals surface area contributed by atoms with E-state index in [2.05, 4.69) is 28.7 Å². The molecule has 3 aliphatic rings. The number of piperazine rings is 1. The zero-order chi connectivity index (χ0) is 19.2. The highest BCUT2D eigenvalue weighted by molar-refractivity contribution is 5.79. The van der Waals surface area contributed by atoms with Gasteiger partial charge in [0.25, 0.3) is 0 Å². The number of piperidine rings is 2. The fourth-order valence-electron chi connectivity index (χ4n) is 4.87. The average molecular weight is 379 g/mol. The molecule has 0 aromatic carbocycles. The number of hydrogen-bond donors (Lipinski definition) is 0. The van der Waals surface area contributed by atoms with Crippen LogP contribution < -0.4 is 0 Å². The van der Waals surface area contributed by atoms with E-state index < -0.39 is 0 Å². The van der Waals surface area contributed by atoms with Crippen molar-refractivity contribution in [3.05, 3.63) is 0 Å². The van der Waals surface area contributed by atoms with Gasteiger partial charge in [0, 0.05) is 52.2 Å². The van der Waals surface area contributed by atoms with E-state index in [1.165, 1.54) is 0 Å². The van der Waals surface area contributed by atoms with Crippen molar-refractivity contribution in [1.29, 1.82) is 0 Å². The third kappa shape index (κ3) is 5.67. The molecular formula is C21H38N4O2. The van der Waals surface area contributed by atoms with Crippen LogP contribution in [0.2, 0.25) is 0 Å². The van der Waals surface area contributed by atoms with Crippen LogP contribution in [-0.4, -0.2) is 97.4 Å². The summed E-state index contributed by atoms with van der Waals surface area (Å²) < 4.78 is 0. The minimum Gasteiger partial charge on any atom is -0.342 e. The summed E-state index contributed by atoms with van der Waals surface area (Å²) in [5.41, 5.74) is 0. The molecule has 0 spiro atoms. The first-order valence-electron chi connectivity index (χ1n) is 11.0. The summed E-state index contributed by atoms with van der Waals surface area (Å²) in [7, 11) is 2.12. The Bertz CT molecular complexity index is 496. The summed E-state index contributed by atoms with van der Waals surface area (Å²) in [6.45, 7) is 10.9. The van der Waals surface area contributed by atoms with Crippen molar-refractivity contribution in [2.24, 2.45) is 11.8 Å². The van der Waals surface area contributed by atoms with E-state index in [0.29, 0.717) is 24.2 Å². The van der Waals surface area contributed by atoms with Gasteiger partial charge in [-0.2, -0.15) is 0 Å². The summed E-state index contributed by atoms with van der Waals surface area (Å²) >= 11 is 0. The van der Waals surface area contributed by atoms with Crippen molar-refractivity contribution < 1.29 is 9.59 Å². The van der Waals surface area contributed by atoms with Gasteiger partial charge in [-0.05, 0) is 58.2 Å². The Morgan fingerprint density at radius 2 is 1.59 bits per heavy atom. The summed E-state index contributed by atoms with van der Waals surface area (Å²) in [4.78, 5) is 34.1. The van der Waals surface area contributed by atoms with Crippen LogP contribution in [0.4, 0.5) is 0 Å². The fourth-order valence-corrected chi connectivity index (χ4v) is 4.87. The van der Waals surface area contributed by atoms with Crippen LogP contribution in [0.1, 0.15) is 45.4 Å². The molecule has 3 heterocycles. The maximum absolute atomic E-state index is 12.8. The van der Waals surface area contributed by atoms with Gasteiger partial charge < -0.3 is 19.6 Å². The lowest BCUT2D eigenvalue weighted by Crippen LogP contribution is -2.48. The van der Waals surface area contributed by atoms with Crippen LogP contribution in [-0.2, 0) is 9.59 Å². The monoisotopic (exact) mass is 378 g/mol. The largest absolute Gasteiger partial charge is 0.342 e. The van der Waals surface area contributed by atoms with E-state index in [0.717, 1.165) is 91.0 Å². The van der Waals surface area contributed by atoms with Crippen LogP contribution in [0, 0.1) is 11.8 Å². The lowest BCUT2D eigenvalue weighted by molar-refractivity contribution is -0.139. The molecule has 1 atom stereocenters. The van der Waals surface area contributed by atoms with Crippen LogP contribution in [0.25, 0.3) is 0 Å². The Morgan fingerprint density at radius 3 is 2.22 bits per heavy atom. The van der Waals surface area contributed by atoms with Crippen molar-refractivity contribution in [2.75, 3.05) is 66.0 Å². The molecule has 0 aromatic heterocycles. The molecule has 6 nitrogen and oxygen atoms in total. The molecule has 0 N–H and O–H groups in total. The highest BCUT2D eigenvalue weighted by atomic mass is 16.2. The van der Waals surface area contributed by atoms with Gasteiger partial charge in [-0.1, -0.05) is 6.92 Å².